The Labute approximate surface area is 117 Å². The zero-order valence-electron chi connectivity index (χ0n) is 11.0. The van der Waals surface area contributed by atoms with Gasteiger partial charge in [0.15, 0.2) is 0 Å². The van der Waals surface area contributed by atoms with Gasteiger partial charge in [-0.25, -0.2) is 0 Å². The lowest BCUT2D eigenvalue weighted by Crippen LogP contribution is -2.10. The third-order valence-electron chi connectivity index (χ3n) is 3.82. The van der Waals surface area contributed by atoms with Crippen molar-refractivity contribution in [2.75, 3.05) is 0 Å². The van der Waals surface area contributed by atoms with Crippen molar-refractivity contribution in [3.8, 4) is 0 Å². The molecule has 1 aromatic heterocycles. The third kappa shape index (κ3) is 1.90. The van der Waals surface area contributed by atoms with E-state index in [0.717, 1.165) is 23.3 Å². The van der Waals surface area contributed by atoms with Crippen molar-refractivity contribution in [1.29, 1.82) is 0 Å². The second kappa shape index (κ2) is 4.57. The quantitative estimate of drug-likeness (QED) is 0.639. The van der Waals surface area contributed by atoms with Crippen LogP contribution < -0.4 is 0 Å². The molecule has 0 aliphatic carbocycles. The van der Waals surface area contributed by atoms with Crippen LogP contribution in [0, 0.1) is 0 Å². The average molecular weight is 258 g/mol. The lowest BCUT2D eigenvalue weighted by Gasteiger charge is -2.18. The lowest BCUT2D eigenvalue weighted by molar-refractivity contribution is 0.846. The molecule has 2 heterocycles. The molecule has 2 heteroatoms. The maximum Gasteiger partial charge on any atom is 0.0705 e. The Morgan fingerprint density at radius 1 is 0.850 bits per heavy atom. The van der Waals surface area contributed by atoms with Crippen LogP contribution in [0.1, 0.15) is 17.2 Å². The van der Waals surface area contributed by atoms with E-state index >= 15 is 0 Å². The molecule has 0 bridgehead atoms. The van der Waals surface area contributed by atoms with Crippen LogP contribution in [0.3, 0.4) is 0 Å². The molecule has 0 fully saturated rings. The molecule has 0 saturated heterocycles. The minimum Gasteiger partial charge on any atom is -0.260 e. The number of nitrogens with zero attached hydrogens (tertiary/aromatic N) is 2. The van der Waals surface area contributed by atoms with Crippen LogP contribution in [-0.2, 0) is 6.42 Å². The summed E-state index contributed by atoms with van der Waals surface area (Å²) in [6.45, 7) is 0. The second-order valence-electron chi connectivity index (χ2n) is 5.15. The van der Waals surface area contributed by atoms with E-state index < -0.39 is 0 Å². The van der Waals surface area contributed by atoms with Gasteiger partial charge in [-0.2, -0.15) is 0 Å². The predicted octanol–water partition coefficient (Wildman–Crippen LogP) is 4.28. The molecule has 0 saturated carbocycles. The summed E-state index contributed by atoms with van der Waals surface area (Å²) >= 11 is 0. The van der Waals surface area contributed by atoms with Gasteiger partial charge in [0.05, 0.1) is 11.2 Å². The Morgan fingerprint density at radius 3 is 2.70 bits per heavy atom. The van der Waals surface area contributed by atoms with Crippen molar-refractivity contribution >= 4 is 22.8 Å². The molecular weight excluding hydrogens is 244 g/mol. The highest BCUT2D eigenvalue weighted by molar-refractivity contribution is 5.80. The smallest absolute Gasteiger partial charge is 0.0705 e. The van der Waals surface area contributed by atoms with Crippen LogP contribution in [0.2, 0.25) is 0 Å². The Morgan fingerprint density at radius 2 is 1.70 bits per heavy atom. The number of pyridine rings is 1. The van der Waals surface area contributed by atoms with Crippen LogP contribution in [0.5, 0.6) is 0 Å². The van der Waals surface area contributed by atoms with E-state index in [1.165, 1.54) is 10.9 Å². The lowest BCUT2D eigenvalue weighted by atomic mass is 9.93. The molecular formula is C18H14N2. The van der Waals surface area contributed by atoms with E-state index in [-0.39, 0.29) is 5.92 Å². The van der Waals surface area contributed by atoms with E-state index in [4.69, 9.17) is 4.98 Å². The van der Waals surface area contributed by atoms with Crippen molar-refractivity contribution in [3.63, 3.8) is 0 Å². The van der Waals surface area contributed by atoms with Gasteiger partial charge in [-0.15, -0.1) is 0 Å². The number of rotatable bonds is 1. The number of benzene rings is 2. The summed E-state index contributed by atoms with van der Waals surface area (Å²) in [6.07, 6.45) is 3.00. The number of aliphatic imine (C=N–C) groups is 1. The number of hydrogen-bond donors (Lipinski definition) is 0. The Hall–Kier alpha value is -2.48. The largest absolute Gasteiger partial charge is 0.260 e. The molecule has 4 rings (SSSR count). The van der Waals surface area contributed by atoms with E-state index in [0.29, 0.717) is 0 Å². The van der Waals surface area contributed by atoms with Crippen LogP contribution in [0.25, 0.3) is 10.9 Å². The van der Waals surface area contributed by atoms with Crippen molar-refractivity contribution in [1.82, 2.24) is 4.98 Å². The highest BCUT2D eigenvalue weighted by atomic mass is 14.8. The summed E-state index contributed by atoms with van der Waals surface area (Å²) < 4.78 is 0. The van der Waals surface area contributed by atoms with Crippen molar-refractivity contribution in [2.45, 2.75) is 12.3 Å². The highest BCUT2D eigenvalue weighted by Crippen LogP contribution is 2.30. The summed E-state index contributed by atoms with van der Waals surface area (Å²) in [7, 11) is 0. The molecule has 0 N–H and O–H groups in total. The highest BCUT2D eigenvalue weighted by Gasteiger charge is 2.17. The summed E-state index contributed by atoms with van der Waals surface area (Å²) in [5.41, 5.74) is 4.54. The van der Waals surface area contributed by atoms with Gasteiger partial charge in [-0.3, -0.25) is 9.98 Å². The first-order chi connectivity index (χ1) is 9.90. The molecule has 0 radical (unpaired) electrons. The van der Waals surface area contributed by atoms with Gasteiger partial charge < -0.3 is 0 Å². The van der Waals surface area contributed by atoms with E-state index in [1.807, 2.05) is 24.4 Å². The Balaban J connectivity index is 1.74. The fraction of sp³-hybridized carbons (Fsp3) is 0.111. The predicted molar refractivity (Wildman–Crippen MR) is 82.8 cm³/mol. The van der Waals surface area contributed by atoms with E-state index in [1.54, 1.807) is 0 Å². The van der Waals surface area contributed by atoms with Crippen molar-refractivity contribution in [3.05, 3.63) is 71.9 Å². The average Bonchev–Trinajstić information content (AvgIpc) is 2.54. The third-order valence-corrected chi connectivity index (χ3v) is 3.82. The fourth-order valence-corrected chi connectivity index (χ4v) is 2.74. The van der Waals surface area contributed by atoms with Crippen molar-refractivity contribution in [2.24, 2.45) is 4.99 Å². The fourth-order valence-electron chi connectivity index (χ4n) is 2.74. The van der Waals surface area contributed by atoms with Gasteiger partial charge in [0.2, 0.25) is 0 Å². The number of para-hydroxylation sites is 2. The molecule has 20 heavy (non-hydrogen) atoms. The van der Waals surface area contributed by atoms with Gasteiger partial charge >= 0.3 is 0 Å². The van der Waals surface area contributed by atoms with Crippen LogP contribution in [0.4, 0.5) is 5.69 Å². The molecule has 1 aliphatic rings. The molecule has 0 spiro atoms. The van der Waals surface area contributed by atoms with E-state index in [2.05, 4.69) is 47.5 Å². The van der Waals surface area contributed by atoms with E-state index in [9.17, 15) is 0 Å². The zero-order valence-corrected chi connectivity index (χ0v) is 11.0. The molecule has 1 aliphatic heterocycles. The van der Waals surface area contributed by atoms with Gasteiger partial charge in [0, 0.05) is 23.2 Å². The first kappa shape index (κ1) is 11.4. The molecule has 2 nitrogen and oxygen atoms in total. The van der Waals surface area contributed by atoms with Crippen LogP contribution in [-0.4, -0.2) is 11.2 Å². The summed E-state index contributed by atoms with van der Waals surface area (Å²) in [6, 6.07) is 20.8. The molecule has 3 aromatic rings. The minimum atomic E-state index is 0.273. The maximum absolute atomic E-state index is 4.78. The summed E-state index contributed by atoms with van der Waals surface area (Å²) in [5, 5.41) is 1.18. The monoisotopic (exact) mass is 258 g/mol. The topological polar surface area (TPSA) is 25.2 Å². The van der Waals surface area contributed by atoms with Gasteiger partial charge in [0.25, 0.3) is 0 Å². The number of fused-ring (bicyclic) bond motifs is 2. The summed E-state index contributed by atoms with van der Waals surface area (Å²) in [4.78, 5) is 9.35. The first-order valence-corrected chi connectivity index (χ1v) is 6.88. The standard InChI is InChI=1S/C18H14N2/c1-4-8-17-13(5-1)9-10-18(20-17)15-11-14-6-2-3-7-16(14)19-12-15/h1-10,12,15H,11H2. The molecule has 2 aromatic carbocycles. The molecule has 1 unspecified atom stereocenters. The molecule has 96 valence electrons. The maximum atomic E-state index is 4.78. The SMILES string of the molecule is C1=Nc2ccccc2CC1c1ccc2ccccc2n1. The normalized spacial score (nSPS) is 17.1. The Kier molecular flexibility index (Phi) is 2.59. The van der Waals surface area contributed by atoms with Crippen LogP contribution in [0.15, 0.2) is 65.7 Å². The number of aromatic nitrogens is 1. The zero-order chi connectivity index (χ0) is 13.4. The van der Waals surface area contributed by atoms with Crippen molar-refractivity contribution < 1.29 is 0 Å². The van der Waals surface area contributed by atoms with Gasteiger partial charge in [0.1, 0.15) is 0 Å². The van der Waals surface area contributed by atoms with Gasteiger partial charge in [-0.05, 0) is 30.2 Å². The molecule has 0 amide bonds. The second-order valence-corrected chi connectivity index (χ2v) is 5.15. The minimum absolute atomic E-state index is 0.273. The Bertz CT molecular complexity index is 805. The molecule has 1 atom stereocenters. The number of hydrogen-bond acceptors (Lipinski definition) is 2. The first-order valence-electron chi connectivity index (χ1n) is 6.88. The summed E-state index contributed by atoms with van der Waals surface area (Å²) in [5.74, 6) is 0.273. The van der Waals surface area contributed by atoms with Gasteiger partial charge in [-0.1, -0.05) is 42.5 Å². The van der Waals surface area contributed by atoms with Crippen LogP contribution >= 0.6 is 0 Å².